The van der Waals surface area contributed by atoms with Crippen molar-refractivity contribution in [3.63, 3.8) is 0 Å². The van der Waals surface area contributed by atoms with Gasteiger partial charge in [-0.25, -0.2) is 9.78 Å². The second-order valence-electron chi connectivity index (χ2n) is 11.9. The Morgan fingerprint density at radius 3 is 2.35 bits per heavy atom. The molecule has 1 aliphatic heterocycles. The standard InChI is InChI=1S/C31H39N3O3/c1-21-12-15-32-25(18-21)20-36-26-10-11-27(30(2,3)4)33-28(26)24-9-8-22-13-16-34(17-14-23(22)19-24)29(35)37-31(5,6)7/h8-12,15,18-19H,13-14,16-17,20H2,1-7H3. The summed E-state index contributed by atoms with van der Waals surface area (Å²) in [5.41, 5.74) is 6.79. The van der Waals surface area contributed by atoms with Crippen molar-refractivity contribution in [2.75, 3.05) is 13.1 Å². The van der Waals surface area contributed by atoms with Gasteiger partial charge in [-0.3, -0.25) is 4.98 Å². The third-order valence-electron chi connectivity index (χ3n) is 6.41. The third-order valence-corrected chi connectivity index (χ3v) is 6.41. The minimum Gasteiger partial charge on any atom is -0.485 e. The van der Waals surface area contributed by atoms with Gasteiger partial charge in [-0.2, -0.15) is 0 Å². The molecule has 2 aromatic heterocycles. The van der Waals surface area contributed by atoms with Crippen LogP contribution in [0.25, 0.3) is 11.3 Å². The van der Waals surface area contributed by atoms with Crippen molar-refractivity contribution < 1.29 is 14.3 Å². The second-order valence-corrected chi connectivity index (χ2v) is 11.9. The molecule has 0 saturated heterocycles. The molecule has 0 atom stereocenters. The fraction of sp³-hybridized carbons (Fsp3) is 0.452. The van der Waals surface area contributed by atoms with Crippen molar-refractivity contribution in [1.82, 2.24) is 14.9 Å². The van der Waals surface area contributed by atoms with Crippen molar-refractivity contribution in [1.29, 1.82) is 0 Å². The number of aromatic nitrogens is 2. The first-order valence-electron chi connectivity index (χ1n) is 13.0. The van der Waals surface area contributed by atoms with E-state index in [0.29, 0.717) is 19.7 Å². The molecule has 0 fully saturated rings. The van der Waals surface area contributed by atoms with Crippen molar-refractivity contribution in [2.24, 2.45) is 0 Å². The summed E-state index contributed by atoms with van der Waals surface area (Å²) >= 11 is 0. The maximum Gasteiger partial charge on any atom is 0.410 e. The van der Waals surface area contributed by atoms with E-state index in [1.807, 2.05) is 56.1 Å². The number of hydrogen-bond donors (Lipinski definition) is 0. The monoisotopic (exact) mass is 501 g/mol. The molecular formula is C31H39N3O3. The molecule has 1 aliphatic rings. The van der Waals surface area contributed by atoms with Gasteiger partial charge in [0.2, 0.25) is 0 Å². The maximum atomic E-state index is 12.7. The van der Waals surface area contributed by atoms with E-state index in [4.69, 9.17) is 14.5 Å². The molecule has 0 bridgehead atoms. The van der Waals surface area contributed by atoms with Crippen LogP contribution in [0.5, 0.6) is 5.75 Å². The molecule has 196 valence electrons. The zero-order chi connectivity index (χ0) is 26.8. The summed E-state index contributed by atoms with van der Waals surface area (Å²) < 4.78 is 11.9. The van der Waals surface area contributed by atoms with Gasteiger partial charge in [-0.05, 0) is 87.6 Å². The molecule has 1 aromatic carbocycles. The van der Waals surface area contributed by atoms with Gasteiger partial charge in [0.05, 0.1) is 5.69 Å². The van der Waals surface area contributed by atoms with E-state index >= 15 is 0 Å². The molecule has 37 heavy (non-hydrogen) atoms. The number of amides is 1. The van der Waals surface area contributed by atoms with Crippen LogP contribution in [-0.4, -0.2) is 39.7 Å². The number of carbonyl (C=O) groups is 1. The number of pyridine rings is 2. The zero-order valence-electron chi connectivity index (χ0n) is 23.2. The maximum absolute atomic E-state index is 12.7. The summed E-state index contributed by atoms with van der Waals surface area (Å²) in [5, 5.41) is 0. The van der Waals surface area contributed by atoms with Gasteiger partial charge in [0.25, 0.3) is 0 Å². The summed E-state index contributed by atoms with van der Waals surface area (Å²) in [6.45, 7) is 15.9. The third kappa shape index (κ3) is 6.88. The van der Waals surface area contributed by atoms with Crippen LogP contribution in [0.4, 0.5) is 4.79 Å². The summed E-state index contributed by atoms with van der Waals surface area (Å²) in [7, 11) is 0. The van der Waals surface area contributed by atoms with E-state index in [1.54, 1.807) is 0 Å². The predicted octanol–water partition coefficient (Wildman–Crippen LogP) is 6.66. The molecule has 0 spiro atoms. The summed E-state index contributed by atoms with van der Waals surface area (Å²) in [6.07, 6.45) is 3.13. The average molecular weight is 502 g/mol. The van der Waals surface area contributed by atoms with E-state index in [0.717, 1.165) is 46.8 Å². The van der Waals surface area contributed by atoms with Crippen LogP contribution in [0.2, 0.25) is 0 Å². The van der Waals surface area contributed by atoms with Crippen LogP contribution >= 0.6 is 0 Å². The number of fused-ring (bicyclic) bond motifs is 1. The van der Waals surface area contributed by atoms with Gasteiger partial charge in [0.1, 0.15) is 23.7 Å². The lowest BCUT2D eigenvalue weighted by molar-refractivity contribution is 0.0258. The number of nitrogens with zero attached hydrogens (tertiary/aromatic N) is 3. The SMILES string of the molecule is Cc1ccnc(COc2ccc(C(C)(C)C)nc2-c2ccc3c(c2)CCN(C(=O)OC(C)(C)C)CC3)c1. The highest BCUT2D eigenvalue weighted by Gasteiger charge is 2.25. The summed E-state index contributed by atoms with van der Waals surface area (Å²) in [5.74, 6) is 0.736. The van der Waals surface area contributed by atoms with Crippen molar-refractivity contribution in [3.8, 4) is 17.0 Å². The first-order valence-corrected chi connectivity index (χ1v) is 13.0. The second kappa shape index (κ2) is 10.5. The van der Waals surface area contributed by atoms with E-state index in [1.165, 1.54) is 11.1 Å². The molecule has 0 radical (unpaired) electrons. The number of rotatable bonds is 4. The Labute approximate surface area is 221 Å². The van der Waals surface area contributed by atoms with Crippen LogP contribution in [0.3, 0.4) is 0 Å². The molecule has 0 saturated carbocycles. The van der Waals surface area contributed by atoms with Gasteiger partial charge >= 0.3 is 6.09 Å². The molecule has 6 heteroatoms. The fourth-order valence-corrected chi connectivity index (χ4v) is 4.40. The number of ether oxygens (including phenoxy) is 2. The van der Waals surface area contributed by atoms with Crippen LogP contribution < -0.4 is 4.74 Å². The molecule has 3 aromatic rings. The highest BCUT2D eigenvalue weighted by atomic mass is 16.6. The van der Waals surface area contributed by atoms with Gasteiger partial charge in [0.15, 0.2) is 0 Å². The molecule has 1 amide bonds. The number of carbonyl (C=O) groups excluding carboxylic acids is 1. The fourth-order valence-electron chi connectivity index (χ4n) is 4.40. The Hall–Kier alpha value is -3.41. The largest absolute Gasteiger partial charge is 0.485 e. The smallest absolute Gasteiger partial charge is 0.410 e. The minimum atomic E-state index is -0.502. The van der Waals surface area contributed by atoms with Crippen LogP contribution in [0.15, 0.2) is 48.7 Å². The predicted molar refractivity (Wildman–Crippen MR) is 147 cm³/mol. The van der Waals surface area contributed by atoms with Crippen LogP contribution in [-0.2, 0) is 29.6 Å². The molecule has 3 heterocycles. The van der Waals surface area contributed by atoms with E-state index < -0.39 is 5.60 Å². The molecule has 6 nitrogen and oxygen atoms in total. The van der Waals surface area contributed by atoms with E-state index in [9.17, 15) is 4.79 Å². The Morgan fingerprint density at radius 1 is 0.946 bits per heavy atom. The molecule has 0 aliphatic carbocycles. The lowest BCUT2D eigenvalue weighted by Gasteiger charge is -2.26. The highest BCUT2D eigenvalue weighted by Crippen LogP contribution is 2.34. The van der Waals surface area contributed by atoms with Crippen molar-refractivity contribution in [2.45, 2.75) is 78.9 Å². The lowest BCUT2D eigenvalue weighted by Crippen LogP contribution is -2.38. The normalized spacial score (nSPS) is 14.1. The lowest BCUT2D eigenvalue weighted by atomic mass is 9.91. The van der Waals surface area contributed by atoms with Crippen LogP contribution in [0.1, 0.15) is 69.6 Å². The first-order chi connectivity index (χ1) is 17.4. The molecule has 4 rings (SSSR count). The van der Waals surface area contributed by atoms with Crippen molar-refractivity contribution >= 4 is 6.09 Å². The van der Waals surface area contributed by atoms with Crippen LogP contribution in [0, 0.1) is 6.92 Å². The number of hydrogen-bond acceptors (Lipinski definition) is 5. The van der Waals surface area contributed by atoms with Crippen molar-refractivity contribution in [3.05, 3.63) is 76.7 Å². The van der Waals surface area contributed by atoms with Gasteiger partial charge in [-0.15, -0.1) is 0 Å². The first kappa shape index (κ1) is 26.6. The Morgan fingerprint density at radius 2 is 1.68 bits per heavy atom. The summed E-state index contributed by atoms with van der Waals surface area (Å²) in [6, 6.07) is 14.6. The molecular weight excluding hydrogens is 462 g/mol. The zero-order valence-corrected chi connectivity index (χ0v) is 23.2. The van der Waals surface area contributed by atoms with Gasteiger partial charge in [0, 0.05) is 36.0 Å². The molecule has 0 unspecified atom stereocenters. The average Bonchev–Trinajstić information content (AvgIpc) is 3.03. The van der Waals surface area contributed by atoms with Gasteiger partial charge in [-0.1, -0.05) is 32.9 Å². The van der Waals surface area contributed by atoms with Gasteiger partial charge < -0.3 is 14.4 Å². The quantitative estimate of drug-likeness (QED) is 0.400. The Balaban J connectivity index is 1.62. The molecule has 0 N–H and O–H groups in total. The topological polar surface area (TPSA) is 64.6 Å². The Kier molecular flexibility index (Phi) is 7.58. The number of aryl methyl sites for hydroxylation is 1. The highest BCUT2D eigenvalue weighted by molar-refractivity contribution is 5.70. The summed E-state index contributed by atoms with van der Waals surface area (Å²) in [4.78, 5) is 24.0. The van der Waals surface area contributed by atoms with E-state index in [-0.39, 0.29) is 11.5 Å². The van der Waals surface area contributed by atoms with E-state index in [2.05, 4.69) is 50.9 Å². The minimum absolute atomic E-state index is 0.0923. The number of benzene rings is 1. The Bertz CT molecular complexity index is 1270.